The molecule has 4 heteroatoms. The van der Waals surface area contributed by atoms with E-state index in [9.17, 15) is 4.79 Å². The number of nitrogens with zero attached hydrogens (tertiary/aromatic N) is 1. The molecule has 0 saturated carbocycles. The van der Waals surface area contributed by atoms with Crippen molar-refractivity contribution in [1.29, 1.82) is 0 Å². The Bertz CT molecular complexity index is 422. The summed E-state index contributed by atoms with van der Waals surface area (Å²) in [5.41, 5.74) is 0. The lowest BCUT2D eigenvalue weighted by Crippen LogP contribution is -2.39. The zero-order chi connectivity index (χ0) is 14.4. The molecule has 110 valence electrons. The van der Waals surface area contributed by atoms with Crippen molar-refractivity contribution in [3.63, 3.8) is 0 Å². The second-order valence-corrected chi connectivity index (χ2v) is 6.83. The van der Waals surface area contributed by atoms with Crippen molar-refractivity contribution >= 4 is 17.7 Å². The first-order chi connectivity index (χ1) is 9.63. The third-order valence-corrected chi connectivity index (χ3v) is 4.66. The Balaban J connectivity index is 1.69. The van der Waals surface area contributed by atoms with Crippen LogP contribution in [-0.2, 0) is 4.79 Å². The number of rotatable bonds is 6. The van der Waals surface area contributed by atoms with Gasteiger partial charge in [-0.3, -0.25) is 9.69 Å². The molecule has 1 aromatic rings. The fourth-order valence-corrected chi connectivity index (χ4v) is 3.54. The van der Waals surface area contributed by atoms with Gasteiger partial charge in [-0.2, -0.15) is 0 Å². The fraction of sp³-hybridized carbons (Fsp3) is 0.562. The van der Waals surface area contributed by atoms with Crippen molar-refractivity contribution in [3.05, 3.63) is 30.3 Å². The standard InChI is InChI=1S/C16H24N2OS/c1-13(2)17-16(19)11-18-9-8-14(10-18)12-20-15-6-4-3-5-7-15/h3-7,13-14H,8-12H2,1-2H3,(H,17,19)/t14-/m0/s1. The minimum Gasteiger partial charge on any atom is -0.353 e. The number of hydrogen-bond acceptors (Lipinski definition) is 3. The minimum absolute atomic E-state index is 0.149. The molecule has 0 aromatic heterocycles. The lowest BCUT2D eigenvalue weighted by Gasteiger charge is -2.16. The van der Waals surface area contributed by atoms with E-state index in [1.165, 1.54) is 11.3 Å². The van der Waals surface area contributed by atoms with Gasteiger partial charge in [0.1, 0.15) is 0 Å². The van der Waals surface area contributed by atoms with Crippen LogP contribution < -0.4 is 5.32 Å². The van der Waals surface area contributed by atoms with Crippen molar-refractivity contribution < 1.29 is 4.79 Å². The Morgan fingerprint density at radius 1 is 1.40 bits per heavy atom. The number of carbonyl (C=O) groups is 1. The largest absolute Gasteiger partial charge is 0.353 e. The van der Waals surface area contributed by atoms with E-state index in [1.54, 1.807) is 0 Å². The molecule has 1 N–H and O–H groups in total. The van der Waals surface area contributed by atoms with Crippen LogP contribution in [0.5, 0.6) is 0 Å². The highest BCUT2D eigenvalue weighted by atomic mass is 32.2. The van der Waals surface area contributed by atoms with Gasteiger partial charge in [-0.25, -0.2) is 0 Å². The molecule has 1 atom stereocenters. The third-order valence-electron chi connectivity index (χ3n) is 3.42. The molecule has 1 aromatic carbocycles. The molecule has 3 nitrogen and oxygen atoms in total. The van der Waals surface area contributed by atoms with Crippen molar-refractivity contribution in [2.45, 2.75) is 31.2 Å². The minimum atomic E-state index is 0.149. The summed E-state index contributed by atoms with van der Waals surface area (Å²) in [5, 5.41) is 2.96. The average molecular weight is 292 g/mol. The molecule has 2 rings (SSSR count). The fourth-order valence-electron chi connectivity index (χ4n) is 2.49. The number of hydrogen-bond donors (Lipinski definition) is 1. The van der Waals surface area contributed by atoms with Crippen LogP contribution in [0.1, 0.15) is 20.3 Å². The Hall–Kier alpha value is -1.00. The Morgan fingerprint density at radius 2 is 2.15 bits per heavy atom. The van der Waals surface area contributed by atoms with Crippen molar-refractivity contribution in [3.8, 4) is 0 Å². The predicted octanol–water partition coefficient (Wildman–Crippen LogP) is 2.63. The van der Waals surface area contributed by atoms with Gasteiger partial charge in [0.2, 0.25) is 5.91 Å². The molecule has 1 heterocycles. The van der Waals surface area contributed by atoms with E-state index in [0.717, 1.165) is 18.8 Å². The zero-order valence-corrected chi connectivity index (χ0v) is 13.2. The van der Waals surface area contributed by atoms with Crippen LogP contribution in [0.2, 0.25) is 0 Å². The van der Waals surface area contributed by atoms with Crippen LogP contribution in [0.15, 0.2) is 35.2 Å². The quantitative estimate of drug-likeness (QED) is 0.818. The maximum absolute atomic E-state index is 11.7. The summed E-state index contributed by atoms with van der Waals surface area (Å²) in [6, 6.07) is 10.8. The highest BCUT2D eigenvalue weighted by Crippen LogP contribution is 2.25. The smallest absolute Gasteiger partial charge is 0.234 e. The number of amides is 1. The average Bonchev–Trinajstić information content (AvgIpc) is 2.84. The van der Waals surface area contributed by atoms with Gasteiger partial charge in [0.05, 0.1) is 6.54 Å². The first kappa shape index (κ1) is 15.4. The molecule has 20 heavy (non-hydrogen) atoms. The van der Waals surface area contributed by atoms with Gasteiger partial charge in [-0.1, -0.05) is 18.2 Å². The van der Waals surface area contributed by atoms with E-state index in [0.29, 0.717) is 12.5 Å². The Labute approximate surface area is 126 Å². The van der Waals surface area contributed by atoms with E-state index in [1.807, 2.05) is 25.6 Å². The molecule has 0 bridgehead atoms. The lowest BCUT2D eigenvalue weighted by molar-refractivity contribution is -0.122. The maximum Gasteiger partial charge on any atom is 0.234 e. The SMILES string of the molecule is CC(C)NC(=O)CN1CC[C@H](CSc2ccccc2)C1. The van der Waals surface area contributed by atoms with E-state index in [4.69, 9.17) is 0 Å². The highest BCUT2D eigenvalue weighted by Gasteiger charge is 2.24. The maximum atomic E-state index is 11.7. The predicted molar refractivity (Wildman–Crippen MR) is 85.0 cm³/mol. The number of benzene rings is 1. The summed E-state index contributed by atoms with van der Waals surface area (Å²) in [6.45, 7) is 6.64. The van der Waals surface area contributed by atoms with Crippen LogP contribution in [0.4, 0.5) is 0 Å². The second-order valence-electron chi connectivity index (χ2n) is 5.74. The van der Waals surface area contributed by atoms with Crippen LogP contribution in [0.3, 0.4) is 0 Å². The summed E-state index contributed by atoms with van der Waals surface area (Å²) in [6.07, 6.45) is 1.20. The van der Waals surface area contributed by atoms with Crippen LogP contribution >= 0.6 is 11.8 Å². The number of nitrogens with one attached hydrogen (secondary N) is 1. The molecule has 1 amide bonds. The number of thioether (sulfide) groups is 1. The van der Waals surface area contributed by atoms with E-state index in [2.05, 4.69) is 40.5 Å². The highest BCUT2D eigenvalue weighted by molar-refractivity contribution is 7.99. The topological polar surface area (TPSA) is 32.3 Å². The van der Waals surface area contributed by atoms with Gasteiger partial charge in [-0.05, 0) is 44.9 Å². The molecular formula is C16H24N2OS. The van der Waals surface area contributed by atoms with Gasteiger partial charge in [0.15, 0.2) is 0 Å². The number of likely N-dealkylation sites (tertiary alicyclic amines) is 1. The van der Waals surface area contributed by atoms with Crippen LogP contribution in [-0.4, -0.2) is 42.2 Å². The van der Waals surface area contributed by atoms with E-state index in [-0.39, 0.29) is 11.9 Å². The molecule has 0 spiro atoms. The Morgan fingerprint density at radius 3 is 2.85 bits per heavy atom. The van der Waals surface area contributed by atoms with Crippen molar-refractivity contribution in [2.75, 3.05) is 25.4 Å². The van der Waals surface area contributed by atoms with Crippen molar-refractivity contribution in [2.24, 2.45) is 5.92 Å². The molecule has 1 aliphatic rings. The first-order valence-electron chi connectivity index (χ1n) is 7.33. The monoisotopic (exact) mass is 292 g/mol. The molecular weight excluding hydrogens is 268 g/mol. The lowest BCUT2D eigenvalue weighted by atomic mass is 10.2. The second kappa shape index (κ2) is 7.70. The molecule has 0 unspecified atom stereocenters. The van der Waals surface area contributed by atoms with Crippen LogP contribution in [0.25, 0.3) is 0 Å². The van der Waals surface area contributed by atoms with Crippen molar-refractivity contribution in [1.82, 2.24) is 10.2 Å². The first-order valence-corrected chi connectivity index (χ1v) is 8.31. The molecule has 1 fully saturated rings. The van der Waals surface area contributed by atoms with Gasteiger partial charge < -0.3 is 5.32 Å². The van der Waals surface area contributed by atoms with Gasteiger partial charge in [0.25, 0.3) is 0 Å². The van der Waals surface area contributed by atoms with Crippen LogP contribution in [0, 0.1) is 5.92 Å². The number of carbonyl (C=O) groups excluding carboxylic acids is 1. The molecule has 1 aliphatic heterocycles. The summed E-state index contributed by atoms with van der Waals surface area (Å²) in [4.78, 5) is 15.3. The summed E-state index contributed by atoms with van der Waals surface area (Å²) in [5.74, 6) is 2.00. The van der Waals surface area contributed by atoms with Gasteiger partial charge in [-0.15, -0.1) is 11.8 Å². The molecule has 1 saturated heterocycles. The van der Waals surface area contributed by atoms with Gasteiger partial charge >= 0.3 is 0 Å². The van der Waals surface area contributed by atoms with Gasteiger partial charge in [0, 0.05) is 23.2 Å². The Kier molecular flexibility index (Phi) is 5.92. The van der Waals surface area contributed by atoms with E-state index >= 15 is 0 Å². The summed E-state index contributed by atoms with van der Waals surface area (Å²) >= 11 is 1.92. The molecule has 0 radical (unpaired) electrons. The van der Waals surface area contributed by atoms with E-state index < -0.39 is 0 Å². The zero-order valence-electron chi connectivity index (χ0n) is 12.3. The third kappa shape index (κ3) is 5.17. The summed E-state index contributed by atoms with van der Waals surface area (Å²) in [7, 11) is 0. The summed E-state index contributed by atoms with van der Waals surface area (Å²) < 4.78 is 0. The normalized spacial score (nSPS) is 19.4. The molecule has 0 aliphatic carbocycles.